The van der Waals surface area contributed by atoms with Gasteiger partial charge in [0.25, 0.3) is 0 Å². The van der Waals surface area contributed by atoms with Gasteiger partial charge in [-0.3, -0.25) is 0 Å². The van der Waals surface area contributed by atoms with E-state index in [9.17, 15) is 8.42 Å². The van der Waals surface area contributed by atoms with Crippen LogP contribution in [-0.2, 0) is 14.8 Å². The monoisotopic (exact) mass is 287 g/mol. The van der Waals surface area contributed by atoms with E-state index in [1.165, 1.54) is 19.3 Å². The summed E-state index contributed by atoms with van der Waals surface area (Å²) in [5.74, 6) is 0.610. The maximum absolute atomic E-state index is 12.9. The molecule has 0 bridgehead atoms. The highest BCUT2D eigenvalue weighted by molar-refractivity contribution is 7.89. The molecule has 0 aromatic carbocycles. The molecule has 0 N–H and O–H groups in total. The zero-order chi connectivity index (χ0) is 13.5. The van der Waals surface area contributed by atoms with Gasteiger partial charge in [-0.05, 0) is 44.9 Å². The molecule has 0 unspecified atom stereocenters. The minimum atomic E-state index is -3.13. The van der Waals surface area contributed by atoms with E-state index in [0.717, 1.165) is 12.8 Å². The maximum atomic E-state index is 12.9. The Kier molecular flexibility index (Phi) is 3.89. The Hall–Kier alpha value is -0.130. The predicted molar refractivity (Wildman–Crippen MR) is 74.4 cm³/mol. The normalized spacial score (nSPS) is 38.3. The standard InChI is InChI=1S/C14H25NO3S/c1-11-10-12-4-2-3-5-14(12)15(11)19(16,17)13-6-8-18-9-7-13/h11-14H,2-10H2,1H3/t11-,12+,14+/m1/s1. The van der Waals surface area contributed by atoms with E-state index in [0.29, 0.717) is 32.0 Å². The van der Waals surface area contributed by atoms with Crippen LogP contribution in [0.25, 0.3) is 0 Å². The number of hydrogen-bond donors (Lipinski definition) is 0. The van der Waals surface area contributed by atoms with E-state index >= 15 is 0 Å². The van der Waals surface area contributed by atoms with E-state index in [1.54, 1.807) is 0 Å². The summed E-state index contributed by atoms with van der Waals surface area (Å²) in [4.78, 5) is 0. The van der Waals surface area contributed by atoms with E-state index in [1.807, 2.05) is 4.31 Å². The molecule has 2 heterocycles. The zero-order valence-corrected chi connectivity index (χ0v) is 12.6. The van der Waals surface area contributed by atoms with Gasteiger partial charge >= 0.3 is 0 Å². The van der Waals surface area contributed by atoms with Gasteiger partial charge in [0.1, 0.15) is 0 Å². The summed E-state index contributed by atoms with van der Waals surface area (Å²) < 4.78 is 33.1. The summed E-state index contributed by atoms with van der Waals surface area (Å²) in [6.45, 7) is 3.29. The third kappa shape index (κ3) is 2.45. The number of fused-ring (bicyclic) bond motifs is 1. The summed E-state index contributed by atoms with van der Waals surface area (Å²) in [6.07, 6.45) is 7.15. The summed E-state index contributed by atoms with van der Waals surface area (Å²) in [6, 6.07) is 0.484. The molecule has 110 valence electrons. The number of nitrogens with zero attached hydrogens (tertiary/aromatic N) is 1. The van der Waals surface area contributed by atoms with Crippen molar-refractivity contribution >= 4 is 10.0 Å². The van der Waals surface area contributed by atoms with Crippen LogP contribution in [0, 0.1) is 5.92 Å². The molecular weight excluding hydrogens is 262 g/mol. The second-order valence-electron chi connectivity index (χ2n) is 6.38. The summed E-state index contributed by atoms with van der Waals surface area (Å²) in [5, 5.41) is -0.204. The first kappa shape index (κ1) is 13.8. The summed E-state index contributed by atoms with van der Waals surface area (Å²) in [7, 11) is -3.13. The van der Waals surface area contributed by atoms with Crippen molar-refractivity contribution in [2.45, 2.75) is 69.2 Å². The quantitative estimate of drug-likeness (QED) is 0.782. The lowest BCUT2D eigenvalue weighted by atomic mass is 9.85. The predicted octanol–water partition coefficient (Wildman–Crippen LogP) is 2.15. The SMILES string of the molecule is C[C@@H]1C[C@@H]2CCCC[C@@H]2N1S(=O)(=O)C1CCOCC1. The molecule has 3 atom stereocenters. The van der Waals surface area contributed by atoms with Crippen LogP contribution < -0.4 is 0 Å². The number of hydrogen-bond acceptors (Lipinski definition) is 3. The maximum Gasteiger partial charge on any atom is 0.217 e. The molecule has 0 spiro atoms. The van der Waals surface area contributed by atoms with Crippen molar-refractivity contribution in [3.63, 3.8) is 0 Å². The van der Waals surface area contributed by atoms with Gasteiger partial charge in [-0.1, -0.05) is 12.8 Å². The van der Waals surface area contributed by atoms with Crippen molar-refractivity contribution in [3.8, 4) is 0 Å². The van der Waals surface area contributed by atoms with Crippen LogP contribution >= 0.6 is 0 Å². The van der Waals surface area contributed by atoms with E-state index in [2.05, 4.69) is 6.92 Å². The van der Waals surface area contributed by atoms with Gasteiger partial charge in [-0.25, -0.2) is 8.42 Å². The topological polar surface area (TPSA) is 46.6 Å². The van der Waals surface area contributed by atoms with Crippen LogP contribution in [0.3, 0.4) is 0 Å². The third-order valence-electron chi connectivity index (χ3n) is 5.16. The van der Waals surface area contributed by atoms with Crippen LogP contribution in [0.1, 0.15) is 51.9 Å². The van der Waals surface area contributed by atoms with Gasteiger partial charge in [0.2, 0.25) is 10.0 Å². The first-order valence-corrected chi connectivity index (χ1v) is 9.21. The van der Waals surface area contributed by atoms with Crippen molar-refractivity contribution in [2.24, 2.45) is 5.92 Å². The molecule has 3 fully saturated rings. The van der Waals surface area contributed by atoms with Crippen LogP contribution in [0.2, 0.25) is 0 Å². The van der Waals surface area contributed by atoms with E-state index < -0.39 is 10.0 Å². The Morgan fingerprint density at radius 2 is 1.74 bits per heavy atom. The average molecular weight is 287 g/mol. The molecule has 3 rings (SSSR count). The summed E-state index contributed by atoms with van der Waals surface area (Å²) in [5.41, 5.74) is 0. The molecule has 1 saturated carbocycles. The molecule has 2 saturated heterocycles. The van der Waals surface area contributed by atoms with Crippen LogP contribution in [0.4, 0.5) is 0 Å². The zero-order valence-electron chi connectivity index (χ0n) is 11.8. The van der Waals surface area contributed by atoms with Gasteiger partial charge in [-0.15, -0.1) is 0 Å². The molecule has 0 radical (unpaired) electrons. The molecular formula is C14H25NO3S. The van der Waals surface area contributed by atoms with E-state index in [-0.39, 0.29) is 17.3 Å². The van der Waals surface area contributed by atoms with Gasteiger partial charge < -0.3 is 4.74 Å². The average Bonchev–Trinajstić information content (AvgIpc) is 2.76. The molecule has 5 heteroatoms. The van der Waals surface area contributed by atoms with Gasteiger partial charge in [-0.2, -0.15) is 4.31 Å². The van der Waals surface area contributed by atoms with E-state index in [4.69, 9.17) is 4.74 Å². The lowest BCUT2D eigenvalue weighted by molar-refractivity contribution is 0.0964. The molecule has 2 aliphatic heterocycles. The Labute approximate surface area is 116 Å². The Balaban J connectivity index is 1.82. The second-order valence-corrected chi connectivity index (χ2v) is 8.50. The van der Waals surface area contributed by atoms with Gasteiger partial charge in [0, 0.05) is 25.3 Å². The fraction of sp³-hybridized carbons (Fsp3) is 1.00. The second kappa shape index (κ2) is 5.34. The van der Waals surface area contributed by atoms with Crippen LogP contribution in [0.5, 0.6) is 0 Å². The molecule has 19 heavy (non-hydrogen) atoms. The lowest BCUT2D eigenvalue weighted by Gasteiger charge is -2.35. The van der Waals surface area contributed by atoms with Crippen LogP contribution in [-0.4, -0.2) is 43.3 Å². The number of ether oxygens (including phenoxy) is 1. The van der Waals surface area contributed by atoms with Crippen molar-refractivity contribution in [1.82, 2.24) is 4.31 Å². The Bertz CT molecular complexity index is 416. The fourth-order valence-corrected chi connectivity index (χ4v) is 6.63. The first-order valence-electron chi connectivity index (χ1n) is 7.71. The van der Waals surface area contributed by atoms with Crippen molar-refractivity contribution in [2.75, 3.05) is 13.2 Å². The first-order chi connectivity index (χ1) is 9.10. The molecule has 0 amide bonds. The fourth-order valence-electron chi connectivity index (χ4n) is 4.25. The van der Waals surface area contributed by atoms with Crippen molar-refractivity contribution in [1.29, 1.82) is 0 Å². The highest BCUT2D eigenvalue weighted by Gasteiger charge is 2.48. The third-order valence-corrected chi connectivity index (χ3v) is 7.69. The van der Waals surface area contributed by atoms with Gasteiger partial charge in [0.15, 0.2) is 0 Å². The molecule has 1 aliphatic carbocycles. The highest BCUT2D eigenvalue weighted by Crippen LogP contribution is 2.42. The summed E-state index contributed by atoms with van der Waals surface area (Å²) >= 11 is 0. The lowest BCUT2D eigenvalue weighted by Crippen LogP contribution is -2.48. The molecule has 0 aromatic heterocycles. The van der Waals surface area contributed by atoms with Crippen molar-refractivity contribution in [3.05, 3.63) is 0 Å². The molecule has 3 aliphatic rings. The number of sulfonamides is 1. The molecule has 0 aromatic rings. The highest BCUT2D eigenvalue weighted by atomic mass is 32.2. The molecule has 4 nitrogen and oxygen atoms in total. The minimum Gasteiger partial charge on any atom is -0.381 e. The van der Waals surface area contributed by atoms with Gasteiger partial charge in [0.05, 0.1) is 5.25 Å². The minimum absolute atomic E-state index is 0.195. The van der Waals surface area contributed by atoms with Crippen LogP contribution in [0.15, 0.2) is 0 Å². The number of rotatable bonds is 2. The van der Waals surface area contributed by atoms with Crippen molar-refractivity contribution < 1.29 is 13.2 Å². The Morgan fingerprint density at radius 3 is 2.47 bits per heavy atom. The Morgan fingerprint density at radius 1 is 1.05 bits per heavy atom. The largest absolute Gasteiger partial charge is 0.381 e. The smallest absolute Gasteiger partial charge is 0.217 e.